The lowest BCUT2D eigenvalue weighted by molar-refractivity contribution is -0.387. The molecule has 2 amide bonds. The van der Waals surface area contributed by atoms with Crippen LogP contribution in [0.4, 0.5) is 10.5 Å². The van der Waals surface area contributed by atoms with Gasteiger partial charge in [0, 0.05) is 16.1 Å². The molecule has 0 unspecified atom stereocenters. The van der Waals surface area contributed by atoms with Gasteiger partial charge in [-0.2, -0.15) is 8.42 Å². The van der Waals surface area contributed by atoms with E-state index in [-0.39, 0.29) is 16.4 Å². The first-order chi connectivity index (χ1) is 18.5. The number of ether oxygens (including phenoxy) is 1. The first-order valence-electron chi connectivity index (χ1n) is 10.9. The number of nitro benzene ring substituents is 1. The third-order valence-corrected chi connectivity index (χ3v) is 8.08. The van der Waals surface area contributed by atoms with E-state index in [1.54, 1.807) is 24.3 Å². The van der Waals surface area contributed by atoms with Gasteiger partial charge in [0.25, 0.3) is 16.8 Å². The number of methoxy groups -OCH3 is 1. The fourth-order valence-electron chi connectivity index (χ4n) is 3.48. The number of thioether (sulfide) groups is 1. The Morgan fingerprint density at radius 1 is 1.08 bits per heavy atom. The summed E-state index contributed by atoms with van der Waals surface area (Å²) in [6, 6.07) is 15.3. The summed E-state index contributed by atoms with van der Waals surface area (Å²) < 4.78 is 36.6. The molecule has 3 aromatic carbocycles. The van der Waals surface area contributed by atoms with Crippen molar-refractivity contribution in [2.75, 3.05) is 13.7 Å². The van der Waals surface area contributed by atoms with Crippen LogP contribution in [-0.2, 0) is 14.9 Å². The summed E-state index contributed by atoms with van der Waals surface area (Å²) in [5, 5.41) is 10.6. The van der Waals surface area contributed by atoms with E-state index >= 15 is 0 Å². The number of hydrogen-bond acceptors (Lipinski definition) is 10. The first kappa shape index (κ1) is 28.0. The molecule has 4 rings (SSSR count). The van der Waals surface area contributed by atoms with Crippen molar-refractivity contribution in [1.29, 1.82) is 0 Å². The molecule has 1 saturated heterocycles. The lowest BCUT2D eigenvalue weighted by Gasteiger charge is -2.12. The van der Waals surface area contributed by atoms with Gasteiger partial charge in [-0.1, -0.05) is 46.3 Å². The highest BCUT2D eigenvalue weighted by atomic mass is 79.9. The van der Waals surface area contributed by atoms with Crippen LogP contribution < -0.4 is 8.92 Å². The quantitative estimate of drug-likeness (QED) is 0.103. The number of rotatable bonds is 9. The van der Waals surface area contributed by atoms with Crippen LogP contribution in [0.25, 0.3) is 6.08 Å². The van der Waals surface area contributed by atoms with Gasteiger partial charge in [-0.15, -0.1) is 0 Å². The Balaban J connectivity index is 1.55. The standard InChI is InChI=1S/C25H17BrN2O9S2/c1-36-21-12-15(6-11-20(21)37-39(34,35)23-5-3-2-4-18(23)28(32)33)13-22-24(30)27(25(31)38-22)14-19(29)16-7-9-17(26)10-8-16/h2-13H,14H2,1H3/b22-13-. The molecule has 0 atom stereocenters. The number of ketones is 1. The van der Waals surface area contributed by atoms with Crippen LogP contribution in [0.1, 0.15) is 15.9 Å². The molecule has 0 bridgehead atoms. The van der Waals surface area contributed by atoms with Gasteiger partial charge in [-0.3, -0.25) is 29.4 Å². The number of Topliss-reactive ketones (excluding diaryl/α,β-unsaturated/α-hetero) is 1. The highest BCUT2D eigenvalue weighted by Gasteiger charge is 2.36. The third-order valence-electron chi connectivity index (χ3n) is 5.36. The predicted octanol–water partition coefficient (Wildman–Crippen LogP) is 5.05. The number of amides is 2. The Kier molecular flexibility index (Phi) is 8.18. The number of nitrogens with zero attached hydrogens (tertiary/aromatic N) is 2. The number of carbonyl (C=O) groups excluding carboxylic acids is 3. The van der Waals surface area contributed by atoms with Crippen molar-refractivity contribution < 1.29 is 36.6 Å². The first-order valence-corrected chi connectivity index (χ1v) is 13.9. The van der Waals surface area contributed by atoms with Gasteiger partial charge in [-0.05, 0) is 53.7 Å². The summed E-state index contributed by atoms with van der Waals surface area (Å²) in [6.07, 6.45) is 1.39. The van der Waals surface area contributed by atoms with Crippen LogP contribution >= 0.6 is 27.7 Å². The summed E-state index contributed by atoms with van der Waals surface area (Å²) in [6.45, 7) is -0.427. The van der Waals surface area contributed by atoms with Gasteiger partial charge in [0.15, 0.2) is 22.2 Å². The summed E-state index contributed by atoms with van der Waals surface area (Å²) in [4.78, 5) is 48.5. The lowest BCUT2D eigenvalue weighted by Crippen LogP contribution is -2.33. The van der Waals surface area contributed by atoms with Crippen LogP contribution in [0.5, 0.6) is 11.5 Å². The second kappa shape index (κ2) is 11.4. The van der Waals surface area contributed by atoms with Gasteiger partial charge >= 0.3 is 10.1 Å². The molecule has 1 aliphatic rings. The molecule has 0 N–H and O–H groups in total. The Hall–Kier alpha value is -4.01. The van der Waals surface area contributed by atoms with Gasteiger partial charge in [0.05, 0.1) is 23.5 Å². The van der Waals surface area contributed by atoms with Crippen LogP contribution in [0.3, 0.4) is 0 Å². The molecular formula is C25H17BrN2O9S2. The highest BCUT2D eigenvalue weighted by molar-refractivity contribution is 9.10. The largest absolute Gasteiger partial charge is 0.493 e. The van der Waals surface area contributed by atoms with E-state index in [1.165, 1.54) is 43.5 Å². The maximum Gasteiger partial charge on any atom is 0.346 e. The van der Waals surface area contributed by atoms with Crippen molar-refractivity contribution in [3.8, 4) is 11.5 Å². The van der Waals surface area contributed by atoms with Crippen molar-refractivity contribution in [2.45, 2.75) is 4.90 Å². The molecule has 200 valence electrons. The average Bonchev–Trinajstić information content (AvgIpc) is 3.16. The number of halogens is 1. The smallest absolute Gasteiger partial charge is 0.346 e. The summed E-state index contributed by atoms with van der Waals surface area (Å²) in [7, 11) is -3.34. The minimum atomic E-state index is -4.60. The zero-order valence-corrected chi connectivity index (χ0v) is 23.1. The van der Waals surface area contributed by atoms with Crippen LogP contribution in [0, 0.1) is 10.1 Å². The van der Waals surface area contributed by atoms with Crippen molar-refractivity contribution >= 4 is 66.5 Å². The van der Waals surface area contributed by atoms with Crippen LogP contribution in [-0.4, -0.2) is 48.8 Å². The maximum absolute atomic E-state index is 12.9. The van der Waals surface area contributed by atoms with Crippen molar-refractivity contribution in [2.24, 2.45) is 0 Å². The molecule has 39 heavy (non-hydrogen) atoms. The van der Waals surface area contributed by atoms with Crippen molar-refractivity contribution in [3.63, 3.8) is 0 Å². The fourth-order valence-corrected chi connectivity index (χ4v) is 5.69. The average molecular weight is 633 g/mol. The molecule has 0 aromatic heterocycles. The SMILES string of the molecule is COc1cc(/C=C2\SC(=O)N(CC(=O)c3ccc(Br)cc3)C2=O)ccc1OS(=O)(=O)c1ccccc1[N+](=O)[O-]. The summed E-state index contributed by atoms with van der Waals surface area (Å²) in [5.41, 5.74) is 0.0618. The zero-order valence-electron chi connectivity index (χ0n) is 19.9. The number of imide groups is 1. The van der Waals surface area contributed by atoms with E-state index in [0.717, 1.165) is 21.5 Å². The van der Waals surface area contributed by atoms with Crippen LogP contribution in [0.15, 0.2) is 81.0 Å². The number of hydrogen-bond donors (Lipinski definition) is 0. The van der Waals surface area contributed by atoms with E-state index in [9.17, 15) is 32.9 Å². The molecule has 14 heteroatoms. The monoisotopic (exact) mass is 632 g/mol. The van der Waals surface area contributed by atoms with E-state index in [0.29, 0.717) is 22.9 Å². The van der Waals surface area contributed by atoms with Crippen molar-refractivity contribution in [1.82, 2.24) is 4.90 Å². The van der Waals surface area contributed by atoms with Gasteiger partial charge in [0.2, 0.25) is 0 Å². The van der Waals surface area contributed by atoms with Crippen molar-refractivity contribution in [3.05, 3.63) is 97.3 Å². The molecule has 1 heterocycles. The third kappa shape index (κ3) is 6.19. The highest BCUT2D eigenvalue weighted by Crippen LogP contribution is 2.36. The van der Waals surface area contributed by atoms with Gasteiger partial charge in [0.1, 0.15) is 0 Å². The molecule has 11 nitrogen and oxygen atoms in total. The van der Waals surface area contributed by atoms with E-state index in [1.807, 2.05) is 0 Å². The fraction of sp³-hybridized carbons (Fsp3) is 0.0800. The number of nitro groups is 1. The Labute approximate surface area is 234 Å². The number of para-hydroxylation sites is 1. The normalized spacial score (nSPS) is 14.5. The van der Waals surface area contributed by atoms with E-state index in [4.69, 9.17) is 8.92 Å². The van der Waals surface area contributed by atoms with Gasteiger partial charge < -0.3 is 8.92 Å². The van der Waals surface area contributed by atoms with Gasteiger partial charge in [-0.25, -0.2) is 0 Å². The zero-order chi connectivity index (χ0) is 28.3. The molecule has 0 radical (unpaired) electrons. The minimum Gasteiger partial charge on any atom is -0.493 e. The number of carbonyl (C=O) groups is 3. The van der Waals surface area contributed by atoms with Crippen LogP contribution in [0.2, 0.25) is 0 Å². The summed E-state index contributed by atoms with van der Waals surface area (Å²) >= 11 is 3.93. The minimum absolute atomic E-state index is 0.0458. The molecule has 0 spiro atoms. The maximum atomic E-state index is 12.9. The molecule has 0 saturated carbocycles. The second-order valence-electron chi connectivity index (χ2n) is 7.87. The molecular weight excluding hydrogens is 616 g/mol. The summed E-state index contributed by atoms with van der Waals surface area (Å²) in [5.74, 6) is -1.36. The molecule has 1 aliphatic heterocycles. The Bertz CT molecular complexity index is 1640. The topological polar surface area (TPSA) is 150 Å². The second-order valence-corrected chi connectivity index (χ2v) is 11.3. The van der Waals surface area contributed by atoms with E-state index in [2.05, 4.69) is 15.9 Å². The predicted molar refractivity (Wildman–Crippen MR) is 145 cm³/mol. The number of benzene rings is 3. The molecule has 3 aromatic rings. The Morgan fingerprint density at radius 2 is 1.77 bits per heavy atom. The molecule has 1 fully saturated rings. The van der Waals surface area contributed by atoms with E-state index < -0.39 is 49.1 Å². The lowest BCUT2D eigenvalue weighted by atomic mass is 10.1. The Morgan fingerprint density at radius 3 is 2.44 bits per heavy atom. The molecule has 0 aliphatic carbocycles.